The lowest BCUT2D eigenvalue weighted by Gasteiger charge is -2.28. The summed E-state index contributed by atoms with van der Waals surface area (Å²) in [6, 6.07) is 11.8. The Hall–Kier alpha value is -3.22. The predicted octanol–water partition coefficient (Wildman–Crippen LogP) is 4.43. The highest BCUT2D eigenvalue weighted by Crippen LogP contribution is 2.29. The Morgan fingerprint density at radius 2 is 1.29 bits per heavy atom. The van der Waals surface area contributed by atoms with Crippen LogP contribution in [0.15, 0.2) is 42.5 Å². The van der Waals surface area contributed by atoms with Crippen LogP contribution in [0.4, 0.5) is 0 Å². The van der Waals surface area contributed by atoms with Crippen LogP contribution in [0.3, 0.4) is 0 Å². The number of ether oxygens (including phenoxy) is 5. The highest BCUT2D eigenvalue weighted by atomic mass is 16.6. The predicted molar refractivity (Wildman–Crippen MR) is 114 cm³/mol. The smallest absolute Gasteiger partial charge is 0.338 e. The van der Waals surface area contributed by atoms with Crippen molar-refractivity contribution in [1.82, 2.24) is 0 Å². The summed E-state index contributed by atoms with van der Waals surface area (Å²) in [6.07, 6.45) is 2.18. The number of carbonyl (C=O) groups excluding carboxylic acids is 2. The van der Waals surface area contributed by atoms with Gasteiger partial charge in [0.05, 0.1) is 32.0 Å². The van der Waals surface area contributed by atoms with Crippen LogP contribution in [-0.4, -0.2) is 45.0 Å². The molecule has 0 amide bonds. The first-order valence-electron chi connectivity index (χ1n) is 10.4. The van der Waals surface area contributed by atoms with Crippen molar-refractivity contribution in [2.45, 2.75) is 44.8 Å². The van der Waals surface area contributed by atoms with Crippen LogP contribution in [0.2, 0.25) is 0 Å². The van der Waals surface area contributed by atoms with E-state index in [0.29, 0.717) is 54.9 Å². The molecule has 0 radical (unpaired) electrons. The molecule has 1 aliphatic rings. The van der Waals surface area contributed by atoms with Crippen molar-refractivity contribution >= 4 is 11.9 Å². The lowest BCUT2D eigenvalue weighted by molar-refractivity contribution is -0.0108. The molecule has 0 saturated heterocycles. The number of methoxy groups -OCH3 is 2. The van der Waals surface area contributed by atoms with Crippen LogP contribution in [0.1, 0.15) is 53.3 Å². The van der Waals surface area contributed by atoms with E-state index in [1.807, 2.05) is 6.92 Å². The van der Waals surface area contributed by atoms with Gasteiger partial charge in [0.2, 0.25) is 0 Å². The van der Waals surface area contributed by atoms with Gasteiger partial charge < -0.3 is 23.7 Å². The first kappa shape index (κ1) is 22.5. The number of benzene rings is 2. The van der Waals surface area contributed by atoms with Crippen LogP contribution in [-0.2, 0) is 9.47 Å². The van der Waals surface area contributed by atoms with Crippen molar-refractivity contribution < 1.29 is 33.3 Å². The summed E-state index contributed by atoms with van der Waals surface area (Å²) >= 11 is 0. The van der Waals surface area contributed by atoms with Gasteiger partial charge in [0.1, 0.15) is 18.0 Å². The molecule has 0 bridgehead atoms. The van der Waals surface area contributed by atoms with Gasteiger partial charge in [-0.2, -0.15) is 0 Å². The highest BCUT2D eigenvalue weighted by molar-refractivity contribution is 5.90. The van der Waals surface area contributed by atoms with E-state index in [9.17, 15) is 9.59 Å². The molecule has 0 unspecified atom stereocenters. The maximum absolute atomic E-state index is 12.5. The van der Waals surface area contributed by atoms with Gasteiger partial charge in [0, 0.05) is 0 Å². The number of rotatable bonds is 8. The molecule has 1 aliphatic carbocycles. The zero-order valence-electron chi connectivity index (χ0n) is 18.1. The molecule has 0 aromatic heterocycles. The normalized spacial score (nSPS) is 18.0. The van der Waals surface area contributed by atoms with E-state index in [0.717, 1.165) is 5.75 Å². The summed E-state index contributed by atoms with van der Waals surface area (Å²) in [5, 5.41) is 0. The van der Waals surface area contributed by atoms with Crippen molar-refractivity contribution in [2.24, 2.45) is 0 Å². The third-order valence-corrected chi connectivity index (χ3v) is 5.19. The Morgan fingerprint density at radius 1 is 0.774 bits per heavy atom. The average Bonchev–Trinajstić information content (AvgIpc) is 2.80. The Balaban J connectivity index is 1.48. The fourth-order valence-electron chi connectivity index (χ4n) is 3.52. The zero-order valence-corrected chi connectivity index (χ0v) is 18.1. The molecule has 0 aliphatic heterocycles. The molecule has 0 N–H and O–H groups in total. The molecule has 166 valence electrons. The molecule has 0 heterocycles. The molecule has 1 saturated carbocycles. The Morgan fingerprint density at radius 3 is 1.81 bits per heavy atom. The van der Waals surface area contributed by atoms with Gasteiger partial charge in [-0.05, 0) is 75.1 Å². The minimum atomic E-state index is -0.407. The Labute approximate surface area is 182 Å². The summed E-state index contributed by atoms with van der Waals surface area (Å²) in [6.45, 7) is 2.48. The van der Waals surface area contributed by atoms with Crippen molar-refractivity contribution in [1.29, 1.82) is 0 Å². The summed E-state index contributed by atoms with van der Waals surface area (Å²) in [5.74, 6) is 0.983. The van der Waals surface area contributed by atoms with E-state index in [1.165, 1.54) is 14.2 Å². The molecule has 1 fully saturated rings. The van der Waals surface area contributed by atoms with Crippen LogP contribution in [0, 0.1) is 0 Å². The maximum Gasteiger partial charge on any atom is 0.338 e. The average molecular weight is 428 g/mol. The third kappa shape index (κ3) is 5.90. The van der Waals surface area contributed by atoms with Gasteiger partial charge in [-0.1, -0.05) is 0 Å². The SMILES string of the molecule is CCOc1ccc(C(=O)OC2CCC(OC(=O)c3ccc(OC)c(OC)c3)CC2)cc1. The second kappa shape index (κ2) is 10.7. The molecule has 31 heavy (non-hydrogen) atoms. The van der Waals surface area contributed by atoms with E-state index < -0.39 is 5.97 Å². The number of esters is 2. The largest absolute Gasteiger partial charge is 0.494 e. The summed E-state index contributed by atoms with van der Waals surface area (Å²) in [4.78, 5) is 24.9. The van der Waals surface area contributed by atoms with Gasteiger partial charge >= 0.3 is 11.9 Å². The molecule has 7 nitrogen and oxygen atoms in total. The standard InChI is InChI=1S/C24H28O7/c1-4-29-18-8-5-16(6-9-18)23(25)30-19-10-12-20(13-11-19)31-24(26)17-7-14-21(27-2)22(15-17)28-3/h5-9,14-15,19-20H,4,10-13H2,1-3H3. The highest BCUT2D eigenvalue weighted by Gasteiger charge is 2.27. The van der Waals surface area contributed by atoms with Gasteiger partial charge in [0.15, 0.2) is 11.5 Å². The second-order valence-electron chi connectivity index (χ2n) is 7.24. The van der Waals surface area contributed by atoms with E-state index >= 15 is 0 Å². The topological polar surface area (TPSA) is 80.3 Å². The van der Waals surface area contributed by atoms with Gasteiger partial charge in [-0.25, -0.2) is 9.59 Å². The van der Waals surface area contributed by atoms with Crippen molar-refractivity contribution in [3.05, 3.63) is 53.6 Å². The quantitative estimate of drug-likeness (QED) is 0.576. The van der Waals surface area contributed by atoms with E-state index in [-0.39, 0.29) is 18.2 Å². The zero-order chi connectivity index (χ0) is 22.2. The maximum atomic E-state index is 12.5. The van der Waals surface area contributed by atoms with Crippen LogP contribution in [0.25, 0.3) is 0 Å². The number of hydrogen-bond donors (Lipinski definition) is 0. The lowest BCUT2D eigenvalue weighted by Crippen LogP contribution is -2.29. The fraction of sp³-hybridized carbons (Fsp3) is 0.417. The third-order valence-electron chi connectivity index (χ3n) is 5.19. The summed E-state index contributed by atoms with van der Waals surface area (Å²) in [7, 11) is 3.06. The molecule has 0 atom stereocenters. The molecule has 3 rings (SSSR count). The molecular formula is C24H28O7. The van der Waals surface area contributed by atoms with E-state index in [2.05, 4.69) is 0 Å². The minimum Gasteiger partial charge on any atom is -0.494 e. The van der Waals surface area contributed by atoms with Gasteiger partial charge in [-0.15, -0.1) is 0 Å². The molecular weight excluding hydrogens is 400 g/mol. The number of carbonyl (C=O) groups is 2. The van der Waals surface area contributed by atoms with Gasteiger partial charge in [0.25, 0.3) is 0 Å². The molecule has 2 aromatic rings. The van der Waals surface area contributed by atoms with Gasteiger partial charge in [-0.3, -0.25) is 0 Å². The fourth-order valence-corrected chi connectivity index (χ4v) is 3.52. The first-order chi connectivity index (χ1) is 15.0. The molecule has 0 spiro atoms. The van der Waals surface area contributed by atoms with E-state index in [4.69, 9.17) is 23.7 Å². The Kier molecular flexibility index (Phi) is 7.76. The molecule has 7 heteroatoms. The molecule has 2 aromatic carbocycles. The van der Waals surface area contributed by atoms with Crippen molar-refractivity contribution in [3.8, 4) is 17.2 Å². The number of hydrogen-bond acceptors (Lipinski definition) is 7. The van der Waals surface area contributed by atoms with Crippen molar-refractivity contribution in [3.63, 3.8) is 0 Å². The Bertz CT molecular complexity index is 883. The van der Waals surface area contributed by atoms with Crippen LogP contribution >= 0.6 is 0 Å². The first-order valence-corrected chi connectivity index (χ1v) is 10.4. The monoisotopic (exact) mass is 428 g/mol. The van der Waals surface area contributed by atoms with Crippen molar-refractivity contribution in [2.75, 3.05) is 20.8 Å². The van der Waals surface area contributed by atoms with Crippen LogP contribution < -0.4 is 14.2 Å². The second-order valence-corrected chi connectivity index (χ2v) is 7.24. The minimum absolute atomic E-state index is 0.185. The summed E-state index contributed by atoms with van der Waals surface area (Å²) < 4.78 is 27.1. The van der Waals surface area contributed by atoms with Crippen LogP contribution in [0.5, 0.6) is 17.2 Å². The van der Waals surface area contributed by atoms with E-state index in [1.54, 1.807) is 42.5 Å². The summed E-state index contributed by atoms with van der Waals surface area (Å²) in [5.41, 5.74) is 0.896. The lowest BCUT2D eigenvalue weighted by atomic mass is 9.95.